The zero-order valence-corrected chi connectivity index (χ0v) is 13.1. The van der Waals surface area contributed by atoms with Crippen LogP contribution in [0.3, 0.4) is 0 Å². The molecular formula is C16H31NO. The third-order valence-corrected chi connectivity index (χ3v) is 3.74. The minimum Gasteiger partial charge on any atom is -0.374 e. The van der Waals surface area contributed by atoms with Gasteiger partial charge in [-0.2, -0.15) is 0 Å². The highest BCUT2D eigenvalue weighted by Gasteiger charge is 2.31. The van der Waals surface area contributed by atoms with Gasteiger partial charge in [-0.15, -0.1) is 0 Å². The Bertz CT molecular complexity index is 256. The number of rotatable bonds is 5. The van der Waals surface area contributed by atoms with Gasteiger partial charge in [-0.3, -0.25) is 4.90 Å². The summed E-state index contributed by atoms with van der Waals surface area (Å²) in [5.74, 6) is 0.748. The molecule has 1 aliphatic rings. The van der Waals surface area contributed by atoms with Crippen molar-refractivity contribution in [3.8, 4) is 0 Å². The highest BCUT2D eigenvalue weighted by atomic mass is 16.5. The van der Waals surface area contributed by atoms with Gasteiger partial charge in [0.05, 0.1) is 12.7 Å². The number of hydrogen-bond acceptors (Lipinski definition) is 2. The topological polar surface area (TPSA) is 12.5 Å². The predicted molar refractivity (Wildman–Crippen MR) is 78.9 cm³/mol. The Morgan fingerprint density at radius 1 is 1.22 bits per heavy atom. The van der Waals surface area contributed by atoms with E-state index >= 15 is 0 Å². The summed E-state index contributed by atoms with van der Waals surface area (Å²) in [7, 11) is 0. The van der Waals surface area contributed by atoms with Crippen molar-refractivity contribution in [2.45, 2.75) is 72.6 Å². The van der Waals surface area contributed by atoms with Crippen molar-refractivity contribution in [2.24, 2.45) is 5.92 Å². The van der Waals surface area contributed by atoms with Gasteiger partial charge in [-0.1, -0.05) is 25.5 Å². The summed E-state index contributed by atoms with van der Waals surface area (Å²) >= 11 is 0. The molecular weight excluding hydrogens is 222 g/mol. The van der Waals surface area contributed by atoms with Crippen molar-refractivity contribution in [1.29, 1.82) is 0 Å². The summed E-state index contributed by atoms with van der Waals surface area (Å²) in [6, 6.07) is 1.29. The summed E-state index contributed by atoms with van der Waals surface area (Å²) < 4.78 is 5.98. The van der Waals surface area contributed by atoms with Crippen molar-refractivity contribution in [3.05, 3.63) is 11.6 Å². The predicted octanol–water partition coefficient (Wildman–Crippen LogP) is 3.87. The second-order valence-electron chi connectivity index (χ2n) is 6.50. The van der Waals surface area contributed by atoms with Crippen molar-refractivity contribution in [1.82, 2.24) is 4.90 Å². The van der Waals surface area contributed by atoms with Crippen LogP contribution in [0.25, 0.3) is 0 Å². The summed E-state index contributed by atoms with van der Waals surface area (Å²) in [6.07, 6.45) is 4.96. The lowest BCUT2D eigenvalue weighted by Crippen LogP contribution is -2.50. The second-order valence-corrected chi connectivity index (χ2v) is 6.50. The largest absolute Gasteiger partial charge is 0.374 e. The van der Waals surface area contributed by atoms with E-state index in [4.69, 9.17) is 4.74 Å². The average Bonchev–Trinajstić information content (AvgIpc) is 2.22. The molecule has 0 radical (unpaired) electrons. The Labute approximate surface area is 113 Å². The zero-order chi connectivity index (χ0) is 13.7. The molecule has 0 aromatic heterocycles. The van der Waals surface area contributed by atoms with E-state index in [2.05, 4.69) is 52.5 Å². The van der Waals surface area contributed by atoms with Crippen molar-refractivity contribution in [2.75, 3.05) is 13.2 Å². The molecule has 0 aromatic rings. The van der Waals surface area contributed by atoms with Crippen LogP contribution in [0.15, 0.2) is 11.6 Å². The molecule has 106 valence electrons. The van der Waals surface area contributed by atoms with E-state index in [0.717, 1.165) is 12.5 Å². The third kappa shape index (κ3) is 5.11. The van der Waals surface area contributed by atoms with Crippen LogP contribution < -0.4 is 0 Å². The molecule has 1 heterocycles. The maximum atomic E-state index is 5.98. The maximum absolute atomic E-state index is 5.98. The molecule has 3 atom stereocenters. The second kappa shape index (κ2) is 7.30. The Hall–Kier alpha value is -0.340. The van der Waals surface area contributed by atoms with Gasteiger partial charge < -0.3 is 4.74 Å². The fraction of sp³-hybridized carbons (Fsp3) is 0.875. The molecule has 0 bridgehead atoms. The summed E-state index contributed by atoms with van der Waals surface area (Å²) in [4.78, 5) is 2.64. The molecule has 18 heavy (non-hydrogen) atoms. The Morgan fingerprint density at radius 3 is 2.22 bits per heavy atom. The smallest absolute Gasteiger partial charge is 0.0653 e. The number of likely N-dealkylation sites (tertiary alicyclic amines) is 1. The SMILES string of the molecule is CC(C)=CCOC1C[C@@H](C)N(CC(C)C)[C@@H](C)C1. The standard InChI is InChI=1S/C16H31NO/c1-12(2)7-8-18-16-9-14(5)17(11-13(3)4)15(6)10-16/h7,13-16H,8-11H2,1-6H3/t14-,15+,16?. The van der Waals surface area contributed by atoms with Crippen LogP contribution in [-0.2, 0) is 4.74 Å². The number of allylic oxidation sites excluding steroid dienone is 1. The lowest BCUT2D eigenvalue weighted by molar-refractivity contribution is -0.0278. The first-order valence-corrected chi connectivity index (χ1v) is 7.40. The molecule has 1 unspecified atom stereocenters. The van der Waals surface area contributed by atoms with Gasteiger partial charge in [0.2, 0.25) is 0 Å². The van der Waals surface area contributed by atoms with E-state index in [1.54, 1.807) is 0 Å². The van der Waals surface area contributed by atoms with Crippen molar-refractivity contribution in [3.63, 3.8) is 0 Å². The van der Waals surface area contributed by atoms with Gasteiger partial charge >= 0.3 is 0 Å². The third-order valence-electron chi connectivity index (χ3n) is 3.74. The van der Waals surface area contributed by atoms with E-state index in [1.807, 2.05) is 0 Å². The van der Waals surface area contributed by atoms with Gasteiger partial charge in [-0.05, 0) is 46.5 Å². The monoisotopic (exact) mass is 253 g/mol. The average molecular weight is 253 g/mol. The van der Waals surface area contributed by atoms with Crippen molar-refractivity contribution < 1.29 is 4.74 Å². The molecule has 1 fully saturated rings. The van der Waals surface area contributed by atoms with Gasteiger partial charge in [-0.25, -0.2) is 0 Å². The summed E-state index contributed by atoms with van der Waals surface area (Å²) in [6.45, 7) is 15.5. The molecule has 0 aliphatic carbocycles. The Balaban J connectivity index is 2.43. The Kier molecular flexibility index (Phi) is 6.37. The number of hydrogen-bond donors (Lipinski definition) is 0. The van der Waals surface area contributed by atoms with Gasteiger partial charge in [0.25, 0.3) is 0 Å². The van der Waals surface area contributed by atoms with Crippen LogP contribution in [0.4, 0.5) is 0 Å². The van der Waals surface area contributed by atoms with Crippen LogP contribution in [0.2, 0.25) is 0 Å². The van der Waals surface area contributed by atoms with Crippen LogP contribution in [0, 0.1) is 5.92 Å². The molecule has 1 rings (SSSR count). The molecule has 2 nitrogen and oxygen atoms in total. The van der Waals surface area contributed by atoms with E-state index in [-0.39, 0.29) is 0 Å². The van der Waals surface area contributed by atoms with Gasteiger partial charge in [0.15, 0.2) is 0 Å². The normalized spacial score (nSPS) is 29.6. The van der Waals surface area contributed by atoms with Crippen LogP contribution in [-0.4, -0.2) is 36.2 Å². The Morgan fingerprint density at radius 2 is 1.78 bits per heavy atom. The highest BCUT2D eigenvalue weighted by molar-refractivity contribution is 4.93. The first-order chi connectivity index (χ1) is 8.40. The molecule has 1 aliphatic heterocycles. The fourth-order valence-electron chi connectivity index (χ4n) is 2.83. The number of ether oxygens (including phenoxy) is 1. The molecule has 1 saturated heterocycles. The minimum atomic E-state index is 0.439. The van der Waals surface area contributed by atoms with Crippen LogP contribution >= 0.6 is 0 Å². The number of piperidine rings is 1. The lowest BCUT2D eigenvalue weighted by Gasteiger charge is -2.43. The first-order valence-electron chi connectivity index (χ1n) is 7.40. The molecule has 0 saturated carbocycles. The fourth-order valence-corrected chi connectivity index (χ4v) is 2.83. The van der Waals surface area contributed by atoms with E-state index in [0.29, 0.717) is 18.2 Å². The zero-order valence-electron chi connectivity index (χ0n) is 13.1. The quantitative estimate of drug-likeness (QED) is 0.690. The van der Waals surface area contributed by atoms with Gasteiger partial charge in [0, 0.05) is 18.6 Å². The van der Waals surface area contributed by atoms with Gasteiger partial charge in [0.1, 0.15) is 0 Å². The maximum Gasteiger partial charge on any atom is 0.0653 e. The number of nitrogens with zero attached hydrogens (tertiary/aromatic N) is 1. The lowest BCUT2D eigenvalue weighted by atomic mass is 9.93. The minimum absolute atomic E-state index is 0.439. The first kappa shape index (κ1) is 15.7. The highest BCUT2D eigenvalue weighted by Crippen LogP contribution is 2.26. The summed E-state index contributed by atoms with van der Waals surface area (Å²) in [5, 5.41) is 0. The van der Waals surface area contributed by atoms with E-state index in [9.17, 15) is 0 Å². The van der Waals surface area contributed by atoms with Crippen molar-refractivity contribution >= 4 is 0 Å². The molecule has 0 amide bonds. The molecule has 2 heteroatoms. The van der Waals surface area contributed by atoms with E-state index in [1.165, 1.54) is 25.0 Å². The molecule has 0 N–H and O–H groups in total. The summed E-state index contributed by atoms with van der Waals surface area (Å²) in [5.41, 5.74) is 1.34. The molecule has 0 spiro atoms. The molecule has 0 aromatic carbocycles. The van der Waals surface area contributed by atoms with E-state index < -0.39 is 0 Å². The van der Waals surface area contributed by atoms with Crippen LogP contribution in [0.1, 0.15) is 54.4 Å². The van der Waals surface area contributed by atoms with Crippen LogP contribution in [0.5, 0.6) is 0 Å².